The maximum Gasteiger partial charge on any atom is 0.204 e. The number of benzene rings is 1. The molecule has 2 aromatic rings. The minimum atomic E-state index is -0.0983. The van der Waals surface area contributed by atoms with Gasteiger partial charge >= 0.3 is 0 Å². The third-order valence-electron chi connectivity index (χ3n) is 2.99. The highest BCUT2D eigenvalue weighted by Gasteiger charge is 2.01. The van der Waals surface area contributed by atoms with Crippen LogP contribution >= 0.6 is 0 Å². The fourth-order valence-electron chi connectivity index (χ4n) is 1.78. The van der Waals surface area contributed by atoms with Gasteiger partial charge in [0.2, 0.25) is 5.78 Å². The summed E-state index contributed by atoms with van der Waals surface area (Å²) in [4.78, 5) is 15.9. The van der Waals surface area contributed by atoms with Gasteiger partial charge in [-0.05, 0) is 42.3 Å². The molecule has 3 heteroatoms. The fraction of sp³-hybridized carbons (Fsp3) is 0.222. The van der Waals surface area contributed by atoms with E-state index in [2.05, 4.69) is 11.9 Å². The Hall–Kier alpha value is -2.42. The van der Waals surface area contributed by atoms with Crippen molar-refractivity contribution >= 4 is 11.9 Å². The van der Waals surface area contributed by atoms with Gasteiger partial charge in [0.25, 0.3) is 0 Å². The van der Waals surface area contributed by atoms with Crippen LogP contribution in [0.1, 0.15) is 35.8 Å². The van der Waals surface area contributed by atoms with Crippen molar-refractivity contribution in [3.05, 3.63) is 66.0 Å². The molecule has 0 bridgehead atoms. The quantitative estimate of drug-likeness (QED) is 0.434. The second-order valence-electron chi connectivity index (χ2n) is 4.68. The molecule has 0 fully saturated rings. The van der Waals surface area contributed by atoms with Gasteiger partial charge in [0.1, 0.15) is 11.4 Å². The second kappa shape index (κ2) is 8.00. The lowest BCUT2D eigenvalue weighted by atomic mass is 10.1. The average Bonchev–Trinajstić information content (AvgIpc) is 2.55. The predicted molar refractivity (Wildman–Crippen MR) is 84.4 cm³/mol. The van der Waals surface area contributed by atoms with E-state index in [1.807, 2.05) is 24.3 Å². The lowest BCUT2D eigenvalue weighted by Gasteiger charge is -2.04. The molecule has 21 heavy (non-hydrogen) atoms. The highest BCUT2D eigenvalue weighted by Crippen LogP contribution is 2.14. The summed E-state index contributed by atoms with van der Waals surface area (Å²) in [6.07, 6.45) is 7.11. The van der Waals surface area contributed by atoms with Gasteiger partial charge in [0.15, 0.2) is 0 Å². The van der Waals surface area contributed by atoms with Crippen LogP contribution in [0.3, 0.4) is 0 Å². The van der Waals surface area contributed by atoms with Gasteiger partial charge in [-0.3, -0.25) is 9.78 Å². The summed E-state index contributed by atoms with van der Waals surface area (Å²) < 4.78 is 5.60. The summed E-state index contributed by atoms with van der Waals surface area (Å²) in [5, 5.41) is 0. The van der Waals surface area contributed by atoms with Crippen LogP contribution in [-0.4, -0.2) is 17.4 Å². The van der Waals surface area contributed by atoms with Crippen LogP contribution in [0, 0.1) is 0 Å². The van der Waals surface area contributed by atoms with Crippen LogP contribution in [0.2, 0.25) is 0 Å². The highest BCUT2D eigenvalue weighted by molar-refractivity contribution is 6.05. The van der Waals surface area contributed by atoms with E-state index in [1.54, 1.807) is 30.5 Å². The van der Waals surface area contributed by atoms with Gasteiger partial charge < -0.3 is 4.74 Å². The van der Waals surface area contributed by atoms with Crippen LogP contribution in [0.15, 0.2) is 54.7 Å². The number of hydrogen-bond donors (Lipinski definition) is 0. The topological polar surface area (TPSA) is 39.2 Å². The molecule has 1 heterocycles. The van der Waals surface area contributed by atoms with Crippen molar-refractivity contribution in [2.45, 2.75) is 19.8 Å². The minimum absolute atomic E-state index is 0.0983. The Kier molecular flexibility index (Phi) is 5.71. The van der Waals surface area contributed by atoms with Crippen molar-refractivity contribution in [1.82, 2.24) is 4.98 Å². The molecule has 1 aromatic heterocycles. The highest BCUT2D eigenvalue weighted by atomic mass is 16.5. The largest absolute Gasteiger partial charge is 0.494 e. The van der Waals surface area contributed by atoms with Crippen molar-refractivity contribution in [1.29, 1.82) is 0 Å². The van der Waals surface area contributed by atoms with E-state index in [9.17, 15) is 4.79 Å². The number of rotatable bonds is 7. The van der Waals surface area contributed by atoms with Crippen molar-refractivity contribution in [2.24, 2.45) is 0 Å². The fourth-order valence-corrected chi connectivity index (χ4v) is 1.78. The number of hydrogen-bond acceptors (Lipinski definition) is 3. The number of allylic oxidation sites excluding steroid dienone is 1. The molecule has 0 aliphatic carbocycles. The Labute approximate surface area is 125 Å². The molecule has 0 N–H and O–H groups in total. The monoisotopic (exact) mass is 281 g/mol. The number of nitrogens with zero attached hydrogens (tertiary/aromatic N) is 1. The number of ketones is 1. The minimum Gasteiger partial charge on any atom is -0.494 e. The molecule has 2 rings (SSSR count). The molecule has 0 saturated heterocycles. The molecular formula is C18H19NO2. The van der Waals surface area contributed by atoms with E-state index < -0.39 is 0 Å². The van der Waals surface area contributed by atoms with Gasteiger partial charge in [0, 0.05) is 6.20 Å². The lowest BCUT2D eigenvalue weighted by Crippen LogP contribution is -1.97. The number of ether oxygens (including phenoxy) is 1. The third-order valence-corrected chi connectivity index (χ3v) is 2.99. The Morgan fingerprint density at radius 2 is 2.00 bits per heavy atom. The van der Waals surface area contributed by atoms with E-state index in [-0.39, 0.29) is 5.78 Å². The summed E-state index contributed by atoms with van der Waals surface area (Å²) in [7, 11) is 0. The van der Waals surface area contributed by atoms with Crippen LogP contribution < -0.4 is 4.74 Å². The Bertz CT molecular complexity index is 588. The second-order valence-corrected chi connectivity index (χ2v) is 4.68. The van der Waals surface area contributed by atoms with Crippen LogP contribution in [-0.2, 0) is 0 Å². The number of carbonyl (C=O) groups is 1. The Morgan fingerprint density at radius 1 is 1.19 bits per heavy atom. The van der Waals surface area contributed by atoms with Crippen molar-refractivity contribution < 1.29 is 9.53 Å². The first kappa shape index (κ1) is 15.0. The summed E-state index contributed by atoms with van der Waals surface area (Å²) in [5.74, 6) is 0.760. The molecule has 0 aliphatic heterocycles. The SMILES string of the molecule is CCCCOc1ccc(/C=C/C(=O)c2ccccn2)cc1. The van der Waals surface area contributed by atoms with E-state index in [0.29, 0.717) is 5.69 Å². The molecule has 0 amide bonds. The van der Waals surface area contributed by atoms with Crippen LogP contribution in [0.5, 0.6) is 5.75 Å². The summed E-state index contributed by atoms with van der Waals surface area (Å²) in [6.45, 7) is 2.87. The molecule has 0 radical (unpaired) electrons. The molecule has 0 unspecified atom stereocenters. The summed E-state index contributed by atoms with van der Waals surface area (Å²) >= 11 is 0. The van der Waals surface area contributed by atoms with Gasteiger partial charge in [-0.15, -0.1) is 0 Å². The number of pyridine rings is 1. The molecule has 0 spiro atoms. The summed E-state index contributed by atoms with van der Waals surface area (Å²) in [6, 6.07) is 13.0. The van der Waals surface area contributed by atoms with Gasteiger partial charge in [-0.2, -0.15) is 0 Å². The van der Waals surface area contributed by atoms with Gasteiger partial charge in [0.05, 0.1) is 6.61 Å². The first-order valence-corrected chi connectivity index (χ1v) is 7.16. The zero-order valence-electron chi connectivity index (χ0n) is 12.2. The normalized spacial score (nSPS) is 10.7. The first-order chi connectivity index (χ1) is 10.3. The zero-order valence-corrected chi connectivity index (χ0v) is 12.2. The van der Waals surface area contributed by atoms with Crippen LogP contribution in [0.4, 0.5) is 0 Å². The van der Waals surface area contributed by atoms with Crippen LogP contribution in [0.25, 0.3) is 6.08 Å². The first-order valence-electron chi connectivity index (χ1n) is 7.16. The van der Waals surface area contributed by atoms with Crippen molar-refractivity contribution in [2.75, 3.05) is 6.61 Å². The Morgan fingerprint density at radius 3 is 2.67 bits per heavy atom. The molecule has 108 valence electrons. The lowest BCUT2D eigenvalue weighted by molar-refractivity contribution is 0.104. The predicted octanol–water partition coefficient (Wildman–Crippen LogP) is 4.16. The van der Waals surface area contributed by atoms with Gasteiger partial charge in [-0.1, -0.05) is 37.6 Å². The van der Waals surface area contributed by atoms with E-state index in [4.69, 9.17) is 4.74 Å². The third kappa shape index (κ3) is 4.88. The number of unbranched alkanes of at least 4 members (excludes halogenated alkanes) is 1. The molecule has 1 aromatic carbocycles. The van der Waals surface area contributed by atoms with E-state index in [0.717, 1.165) is 30.8 Å². The maximum atomic E-state index is 11.9. The van der Waals surface area contributed by atoms with E-state index in [1.165, 1.54) is 6.08 Å². The zero-order chi connectivity index (χ0) is 14.9. The molecule has 0 aliphatic rings. The average molecular weight is 281 g/mol. The smallest absolute Gasteiger partial charge is 0.204 e. The van der Waals surface area contributed by atoms with Crippen molar-refractivity contribution in [3.8, 4) is 5.75 Å². The van der Waals surface area contributed by atoms with Gasteiger partial charge in [-0.25, -0.2) is 0 Å². The summed E-state index contributed by atoms with van der Waals surface area (Å²) in [5.41, 5.74) is 1.41. The molecule has 3 nitrogen and oxygen atoms in total. The molecule has 0 atom stereocenters. The standard InChI is InChI=1S/C18H19NO2/c1-2-3-14-21-16-10-7-15(8-11-16)9-12-18(20)17-6-4-5-13-19-17/h4-13H,2-3,14H2,1H3/b12-9+. The molecular weight excluding hydrogens is 262 g/mol. The number of carbonyl (C=O) groups excluding carboxylic acids is 1. The molecule has 0 saturated carbocycles. The maximum absolute atomic E-state index is 11.9. The van der Waals surface area contributed by atoms with Crippen molar-refractivity contribution in [3.63, 3.8) is 0 Å². The van der Waals surface area contributed by atoms with E-state index >= 15 is 0 Å². The Balaban J connectivity index is 1.93. The number of aromatic nitrogens is 1.